The number of urea groups is 1. The van der Waals surface area contributed by atoms with Gasteiger partial charge in [0.25, 0.3) is 0 Å². The van der Waals surface area contributed by atoms with Gasteiger partial charge in [0.05, 0.1) is 24.3 Å². The van der Waals surface area contributed by atoms with Crippen LogP contribution in [0.5, 0.6) is 0 Å². The van der Waals surface area contributed by atoms with Gasteiger partial charge >= 0.3 is 18.1 Å². The number of ether oxygens (including phenoxy) is 1. The zero-order valence-electron chi connectivity index (χ0n) is 52.0. The lowest BCUT2D eigenvalue weighted by Gasteiger charge is -2.40. The molecule has 87 heavy (non-hydrogen) atoms. The molecule has 1 aliphatic heterocycles. The number of benzene rings is 4. The van der Waals surface area contributed by atoms with Crippen LogP contribution in [0, 0.1) is 29.1 Å². The maximum Gasteiger partial charge on any atom is 0.407 e. The van der Waals surface area contributed by atoms with Crippen LogP contribution in [-0.4, -0.2) is 114 Å². The van der Waals surface area contributed by atoms with Gasteiger partial charge in [-0.25, -0.2) is 14.4 Å². The molecule has 21 heteroatoms. The smallest absolute Gasteiger partial charge is 0.407 e. The Hall–Kier alpha value is -9.03. The summed E-state index contributed by atoms with van der Waals surface area (Å²) in [5.74, 6) is 1.97. The molecule has 0 bridgehead atoms. The van der Waals surface area contributed by atoms with Crippen LogP contribution in [-0.2, 0) is 63.4 Å². The Balaban J connectivity index is 1.14. The van der Waals surface area contributed by atoms with Crippen LogP contribution in [0.1, 0.15) is 128 Å². The molecular formula is C66H86N10O11. The summed E-state index contributed by atoms with van der Waals surface area (Å²) in [6.07, 6.45) is 0.869. The third-order valence-corrected chi connectivity index (χ3v) is 15.2. The number of alkyl carbamates (subject to hydrolysis) is 1. The Labute approximate surface area is 510 Å². The monoisotopic (exact) mass is 1190 g/mol. The summed E-state index contributed by atoms with van der Waals surface area (Å²) in [5, 5.41) is 29.2. The van der Waals surface area contributed by atoms with Crippen LogP contribution in [0.4, 0.5) is 21.0 Å². The molecule has 0 spiro atoms. The van der Waals surface area contributed by atoms with Crippen LogP contribution in [0.25, 0.3) is 0 Å². The number of carbonyl (C=O) groups excluding carboxylic acids is 8. The molecule has 9 amide bonds. The van der Waals surface area contributed by atoms with E-state index in [1.165, 1.54) is 11.8 Å². The van der Waals surface area contributed by atoms with Gasteiger partial charge in [0.1, 0.15) is 24.7 Å². The highest BCUT2D eigenvalue weighted by atomic mass is 16.5. The quantitative estimate of drug-likeness (QED) is 0.0170. The third-order valence-electron chi connectivity index (χ3n) is 15.2. The molecule has 10 N–H and O–H groups in total. The standard InChI is InChI=1S/C66H86N10O11/c1-40(2)52(36-42(5)62(83)84)75(12)61(82)57(65(6,7)8)74-60(81)56(68-11)66(9,10)48-29-23-43(24-30-48)37-70-64(86)87-39-44-25-31-49(32-26-44)71-58(79)50(21-17-35-69-63(67)85)72-59(80)55(41(3)4)73-53(77)33-34-54(78)76-38-47-20-14-13-18-45(47)27-28-46-19-15-16-22-51(46)76/h13-16,18-20,22-26,29-32,36,40-41,50,52,55-57,68H,17,21,33-35,37-39H2,1-12H3,(H,70,86)(H,71,79)(H,72,80)(H,73,77)(H,74,81)(H,83,84)(H3,67,69,85)/b42-36+/t50-,52+,55-,56?,57+/m0/s1. The van der Waals surface area contributed by atoms with Crippen LogP contribution in [0.2, 0.25) is 0 Å². The molecule has 0 radical (unpaired) electrons. The summed E-state index contributed by atoms with van der Waals surface area (Å²) in [7, 11) is 3.29. The second kappa shape index (κ2) is 31.4. The molecule has 1 aliphatic rings. The third kappa shape index (κ3) is 19.8. The number of fused-ring (bicyclic) bond motifs is 2. The first-order valence-electron chi connectivity index (χ1n) is 29.2. The molecule has 0 aromatic heterocycles. The minimum Gasteiger partial charge on any atom is -0.478 e. The minimum absolute atomic E-state index is 0.0918. The normalized spacial score (nSPS) is 13.9. The van der Waals surface area contributed by atoms with E-state index in [0.29, 0.717) is 22.5 Å². The highest BCUT2D eigenvalue weighted by Gasteiger charge is 2.42. The van der Waals surface area contributed by atoms with E-state index in [9.17, 15) is 48.3 Å². The number of nitrogens with two attached hydrogens (primary N) is 1. The first-order valence-corrected chi connectivity index (χ1v) is 29.2. The van der Waals surface area contributed by atoms with Crippen molar-refractivity contribution in [1.29, 1.82) is 0 Å². The van der Waals surface area contributed by atoms with E-state index < -0.39 is 88.7 Å². The maximum absolute atomic E-state index is 14.1. The number of para-hydroxylation sites is 1. The van der Waals surface area contributed by atoms with Gasteiger partial charge in [-0.1, -0.05) is 147 Å². The Morgan fingerprint density at radius 3 is 1.97 bits per heavy atom. The van der Waals surface area contributed by atoms with Crippen molar-refractivity contribution in [2.45, 2.75) is 150 Å². The van der Waals surface area contributed by atoms with Crippen molar-refractivity contribution in [3.8, 4) is 11.8 Å². The molecule has 1 unspecified atom stereocenters. The fourth-order valence-corrected chi connectivity index (χ4v) is 10.0. The van der Waals surface area contributed by atoms with Gasteiger partial charge in [-0.05, 0) is 96.6 Å². The number of nitrogens with zero attached hydrogens (tertiary/aromatic N) is 2. The number of hydrogen-bond donors (Lipinski definition) is 9. The molecule has 0 aliphatic carbocycles. The van der Waals surface area contributed by atoms with Crippen LogP contribution in [0.15, 0.2) is 109 Å². The average Bonchev–Trinajstić information content (AvgIpc) is 2.26. The summed E-state index contributed by atoms with van der Waals surface area (Å²) < 4.78 is 5.49. The molecule has 0 saturated heterocycles. The Kier molecular flexibility index (Phi) is 24.8. The van der Waals surface area contributed by atoms with Crippen molar-refractivity contribution >= 4 is 64.9 Å². The first kappa shape index (κ1) is 68.7. The fourth-order valence-electron chi connectivity index (χ4n) is 10.0. The van der Waals surface area contributed by atoms with Gasteiger partial charge in [-0.3, -0.25) is 28.8 Å². The summed E-state index contributed by atoms with van der Waals surface area (Å²) >= 11 is 0. The van der Waals surface area contributed by atoms with E-state index in [2.05, 4.69) is 49.1 Å². The molecule has 4 aromatic rings. The van der Waals surface area contributed by atoms with Crippen molar-refractivity contribution in [3.05, 3.63) is 142 Å². The Morgan fingerprint density at radius 2 is 1.36 bits per heavy atom. The van der Waals surface area contributed by atoms with Crippen molar-refractivity contribution < 1.29 is 53.0 Å². The van der Waals surface area contributed by atoms with Gasteiger partial charge in [-0.2, -0.15) is 0 Å². The summed E-state index contributed by atoms with van der Waals surface area (Å²) in [5.41, 5.74) is 9.40. The van der Waals surface area contributed by atoms with E-state index >= 15 is 0 Å². The molecule has 1 heterocycles. The van der Waals surface area contributed by atoms with E-state index in [1.807, 2.05) is 121 Å². The maximum atomic E-state index is 14.1. The number of carbonyl (C=O) groups is 9. The predicted molar refractivity (Wildman–Crippen MR) is 333 cm³/mol. The second-order valence-corrected chi connectivity index (χ2v) is 24.1. The molecule has 21 nitrogen and oxygen atoms in total. The van der Waals surface area contributed by atoms with Crippen LogP contribution in [0.3, 0.4) is 0 Å². The van der Waals surface area contributed by atoms with Crippen molar-refractivity contribution in [2.24, 2.45) is 23.0 Å². The lowest BCUT2D eigenvalue weighted by molar-refractivity contribution is -0.141. The Bertz CT molecular complexity index is 3210. The molecule has 4 aromatic carbocycles. The molecular weight excluding hydrogens is 1110 g/mol. The number of carboxylic acids is 1. The average molecular weight is 1200 g/mol. The number of primary amides is 1. The highest BCUT2D eigenvalue weighted by Crippen LogP contribution is 2.31. The van der Waals surface area contributed by atoms with E-state index in [0.717, 1.165) is 22.3 Å². The number of hydrogen-bond acceptors (Lipinski definition) is 11. The number of carboxylic acid groups (broad SMARTS) is 1. The number of anilines is 2. The number of rotatable bonds is 27. The summed E-state index contributed by atoms with van der Waals surface area (Å²) in [6.45, 7) is 18.6. The first-order chi connectivity index (χ1) is 41.0. The highest BCUT2D eigenvalue weighted by molar-refractivity contribution is 6.00. The van der Waals surface area contributed by atoms with Crippen molar-refractivity contribution in [1.82, 2.24) is 36.8 Å². The molecule has 5 rings (SSSR count). The van der Waals surface area contributed by atoms with E-state index in [1.54, 1.807) is 63.2 Å². The van der Waals surface area contributed by atoms with Gasteiger partial charge in [0, 0.05) is 60.8 Å². The van der Waals surface area contributed by atoms with Gasteiger partial charge in [0.2, 0.25) is 35.4 Å². The van der Waals surface area contributed by atoms with Crippen molar-refractivity contribution in [3.63, 3.8) is 0 Å². The molecule has 0 fully saturated rings. The minimum atomic E-state index is -1.11. The van der Waals surface area contributed by atoms with E-state index in [4.69, 9.17) is 10.5 Å². The lowest BCUT2D eigenvalue weighted by atomic mass is 9.76. The lowest BCUT2D eigenvalue weighted by Crippen LogP contribution is -2.61. The van der Waals surface area contributed by atoms with Gasteiger partial charge in [-0.15, -0.1) is 0 Å². The number of amides is 9. The summed E-state index contributed by atoms with van der Waals surface area (Å²) in [6, 6.07) is 23.6. The zero-order chi connectivity index (χ0) is 64.3. The SMILES string of the molecule is CNC(C(=O)N[C@H](C(=O)N(C)[C@H](/C=C(\C)C(=O)O)C(C)C)C(C)(C)C)C(C)(C)c1ccc(CNC(=O)OCc2ccc(NC(=O)[C@H](CCCNC(N)=O)NC(=O)[C@@H](NC(=O)CCC(=O)N3Cc4ccccc4C#Cc4ccccc43)C(C)C)cc2)cc1. The predicted octanol–water partition coefficient (Wildman–Crippen LogP) is 6.76. The summed E-state index contributed by atoms with van der Waals surface area (Å²) in [4.78, 5) is 122. The Morgan fingerprint density at radius 1 is 0.736 bits per heavy atom. The van der Waals surface area contributed by atoms with Crippen LogP contribution >= 0.6 is 0 Å². The van der Waals surface area contributed by atoms with Gasteiger partial charge < -0.3 is 62.6 Å². The second-order valence-electron chi connectivity index (χ2n) is 24.1. The number of aliphatic carboxylic acids is 1. The number of likely N-dealkylation sites (N-methyl/N-ethyl adjacent to an activating group) is 2. The molecule has 0 saturated carbocycles. The molecule has 5 atom stereocenters. The van der Waals surface area contributed by atoms with Crippen molar-refractivity contribution in [2.75, 3.05) is 30.9 Å². The fraction of sp³-hybridized carbons (Fsp3) is 0.439. The van der Waals surface area contributed by atoms with E-state index in [-0.39, 0.29) is 75.2 Å². The van der Waals surface area contributed by atoms with Crippen LogP contribution < -0.4 is 47.9 Å². The molecule has 466 valence electrons. The number of nitrogens with one attached hydrogen (secondary N) is 7. The largest absolute Gasteiger partial charge is 0.478 e. The zero-order valence-corrected chi connectivity index (χ0v) is 52.0. The van der Waals surface area contributed by atoms with Gasteiger partial charge in [0.15, 0.2) is 0 Å². The topological polar surface area (TPSA) is 300 Å².